The maximum atomic E-state index is 6.25. The number of para-hydroxylation sites is 1. The van der Waals surface area contributed by atoms with Crippen LogP contribution in [0.5, 0.6) is 0 Å². The summed E-state index contributed by atoms with van der Waals surface area (Å²) in [6.45, 7) is 0. The molecule has 0 saturated heterocycles. The maximum Gasteiger partial charge on any atom is 0.136 e. The number of nitrogens with zero attached hydrogens (tertiary/aromatic N) is 1. The number of hydrogen-bond acceptors (Lipinski definition) is 2. The van der Waals surface area contributed by atoms with E-state index < -0.39 is 0 Å². The van der Waals surface area contributed by atoms with Gasteiger partial charge in [0.15, 0.2) is 0 Å². The van der Waals surface area contributed by atoms with Crippen LogP contribution in [0, 0.1) is 0 Å². The summed E-state index contributed by atoms with van der Waals surface area (Å²) in [4.78, 5) is 2.39. The van der Waals surface area contributed by atoms with E-state index >= 15 is 0 Å². The van der Waals surface area contributed by atoms with Crippen molar-refractivity contribution in [2.75, 3.05) is 4.90 Å². The van der Waals surface area contributed by atoms with Gasteiger partial charge in [-0.05, 0) is 116 Å². The largest absolute Gasteiger partial charge is 0.456 e. The fourth-order valence-electron chi connectivity index (χ4n) is 7.78. The van der Waals surface area contributed by atoms with E-state index in [1.54, 1.807) is 0 Å². The molecule has 54 heavy (non-hydrogen) atoms. The molecule has 0 radical (unpaired) electrons. The molecule has 0 aliphatic heterocycles. The molecular formula is C52H35NO. The minimum atomic E-state index is 0.899. The zero-order valence-corrected chi connectivity index (χ0v) is 29.6. The molecule has 9 aromatic carbocycles. The fraction of sp³-hybridized carbons (Fsp3) is 0. The van der Waals surface area contributed by atoms with E-state index in [0.717, 1.165) is 61.3 Å². The number of fused-ring (bicyclic) bond motifs is 4. The van der Waals surface area contributed by atoms with Gasteiger partial charge in [0, 0.05) is 27.8 Å². The lowest BCUT2D eigenvalue weighted by molar-refractivity contribution is 0.669. The molecule has 0 saturated carbocycles. The lowest BCUT2D eigenvalue weighted by Crippen LogP contribution is -2.10. The molecule has 0 aliphatic carbocycles. The third kappa shape index (κ3) is 5.81. The number of rotatable bonds is 7. The van der Waals surface area contributed by atoms with Gasteiger partial charge < -0.3 is 9.32 Å². The second-order valence-electron chi connectivity index (χ2n) is 13.8. The summed E-state index contributed by atoms with van der Waals surface area (Å²) in [7, 11) is 0. The van der Waals surface area contributed by atoms with Crippen molar-refractivity contribution in [2.24, 2.45) is 0 Å². The van der Waals surface area contributed by atoms with Crippen molar-refractivity contribution in [2.45, 2.75) is 0 Å². The van der Waals surface area contributed by atoms with Gasteiger partial charge in [0.25, 0.3) is 0 Å². The van der Waals surface area contributed by atoms with Crippen LogP contribution < -0.4 is 4.90 Å². The number of anilines is 3. The van der Waals surface area contributed by atoms with Crippen LogP contribution in [0.4, 0.5) is 17.1 Å². The molecule has 0 amide bonds. The van der Waals surface area contributed by atoms with E-state index in [4.69, 9.17) is 4.42 Å². The van der Waals surface area contributed by atoms with Gasteiger partial charge in [0.2, 0.25) is 0 Å². The maximum absolute atomic E-state index is 6.25. The van der Waals surface area contributed by atoms with Crippen molar-refractivity contribution in [1.82, 2.24) is 0 Å². The Kier molecular flexibility index (Phi) is 7.85. The van der Waals surface area contributed by atoms with Gasteiger partial charge in [-0.3, -0.25) is 0 Å². The molecule has 0 bridgehead atoms. The molecule has 1 heterocycles. The van der Waals surface area contributed by atoms with Gasteiger partial charge in [0.1, 0.15) is 11.2 Å². The van der Waals surface area contributed by atoms with E-state index in [2.05, 4.69) is 205 Å². The predicted octanol–water partition coefficient (Wildman–Crippen LogP) is 14.9. The molecule has 0 N–H and O–H groups in total. The van der Waals surface area contributed by atoms with Crippen LogP contribution in [0.25, 0.3) is 77.2 Å². The Hall–Kier alpha value is -7.16. The SMILES string of the molecule is c1ccc(-c2cc(-c3ccccc3)cc(N(c3ccc(-c4ccc5c(c4)oc4ccccc45)cc3)c3cccc(-c4cccc5ccccc45)c3)c2)cc1. The van der Waals surface area contributed by atoms with Gasteiger partial charge in [-0.15, -0.1) is 0 Å². The Morgan fingerprint density at radius 3 is 1.59 bits per heavy atom. The van der Waals surface area contributed by atoms with E-state index in [1.807, 2.05) is 12.1 Å². The lowest BCUT2D eigenvalue weighted by Gasteiger charge is -2.27. The first kappa shape index (κ1) is 31.6. The van der Waals surface area contributed by atoms with E-state index in [0.29, 0.717) is 0 Å². The van der Waals surface area contributed by atoms with Crippen molar-refractivity contribution in [3.8, 4) is 44.5 Å². The standard InChI is InChI=1S/C52H35NO/c1-3-13-36(14-4-1)42-31-43(37-15-5-2-6-16-37)34-46(33-42)53(45-20-11-19-41(32-45)48-23-12-18-39-17-7-8-21-47(39)48)44-28-25-38(26-29-44)40-27-30-50-49-22-9-10-24-51(49)54-52(50)35-40/h1-35H. The van der Waals surface area contributed by atoms with Crippen LogP contribution in [0.15, 0.2) is 217 Å². The predicted molar refractivity (Wildman–Crippen MR) is 228 cm³/mol. The molecular weight excluding hydrogens is 655 g/mol. The Bertz CT molecular complexity index is 2860. The summed E-state index contributed by atoms with van der Waals surface area (Å²) >= 11 is 0. The van der Waals surface area contributed by atoms with Gasteiger partial charge >= 0.3 is 0 Å². The quantitative estimate of drug-likeness (QED) is 0.166. The summed E-state index contributed by atoms with van der Waals surface area (Å²) in [5, 5.41) is 4.75. The smallest absolute Gasteiger partial charge is 0.136 e. The first-order valence-electron chi connectivity index (χ1n) is 18.4. The third-order valence-corrected chi connectivity index (χ3v) is 10.4. The second-order valence-corrected chi connectivity index (χ2v) is 13.8. The summed E-state index contributed by atoms with van der Waals surface area (Å²) < 4.78 is 6.25. The van der Waals surface area contributed by atoms with Gasteiger partial charge in [0.05, 0.1) is 0 Å². The van der Waals surface area contributed by atoms with Crippen LogP contribution >= 0.6 is 0 Å². The summed E-state index contributed by atoms with van der Waals surface area (Å²) in [6, 6.07) is 76.1. The minimum absolute atomic E-state index is 0.899. The van der Waals surface area contributed by atoms with E-state index in [1.165, 1.54) is 33.0 Å². The Morgan fingerprint density at radius 1 is 0.278 bits per heavy atom. The zero-order valence-electron chi connectivity index (χ0n) is 29.6. The van der Waals surface area contributed by atoms with Crippen LogP contribution in [0.3, 0.4) is 0 Å². The zero-order chi connectivity index (χ0) is 35.8. The molecule has 2 heteroatoms. The van der Waals surface area contributed by atoms with Crippen molar-refractivity contribution < 1.29 is 4.42 Å². The monoisotopic (exact) mass is 689 g/mol. The first-order valence-corrected chi connectivity index (χ1v) is 18.4. The average molecular weight is 690 g/mol. The summed E-state index contributed by atoms with van der Waals surface area (Å²) in [5.41, 5.74) is 14.4. The minimum Gasteiger partial charge on any atom is -0.456 e. The van der Waals surface area contributed by atoms with Crippen molar-refractivity contribution in [1.29, 1.82) is 0 Å². The molecule has 10 rings (SSSR count). The lowest BCUT2D eigenvalue weighted by atomic mass is 9.96. The van der Waals surface area contributed by atoms with E-state index in [-0.39, 0.29) is 0 Å². The normalized spacial score (nSPS) is 11.3. The van der Waals surface area contributed by atoms with Crippen molar-refractivity contribution in [3.63, 3.8) is 0 Å². The van der Waals surface area contributed by atoms with Crippen LogP contribution in [0.1, 0.15) is 0 Å². The average Bonchev–Trinajstić information content (AvgIpc) is 3.62. The molecule has 2 nitrogen and oxygen atoms in total. The number of furan rings is 1. The molecule has 0 fully saturated rings. The van der Waals surface area contributed by atoms with Crippen LogP contribution in [-0.2, 0) is 0 Å². The third-order valence-electron chi connectivity index (χ3n) is 10.4. The Balaban J connectivity index is 1.14. The molecule has 254 valence electrons. The van der Waals surface area contributed by atoms with Crippen LogP contribution in [0.2, 0.25) is 0 Å². The molecule has 0 aliphatic rings. The highest BCUT2D eigenvalue weighted by molar-refractivity contribution is 6.06. The van der Waals surface area contributed by atoms with Crippen LogP contribution in [-0.4, -0.2) is 0 Å². The fourth-order valence-corrected chi connectivity index (χ4v) is 7.78. The second kappa shape index (κ2) is 13.4. The highest BCUT2D eigenvalue weighted by Crippen LogP contribution is 2.42. The Morgan fingerprint density at radius 2 is 0.833 bits per heavy atom. The molecule has 10 aromatic rings. The molecule has 1 aromatic heterocycles. The molecule has 0 spiro atoms. The van der Waals surface area contributed by atoms with Gasteiger partial charge in [-0.1, -0.05) is 152 Å². The topological polar surface area (TPSA) is 16.4 Å². The summed E-state index contributed by atoms with van der Waals surface area (Å²) in [6.07, 6.45) is 0. The van der Waals surface area contributed by atoms with Crippen molar-refractivity contribution in [3.05, 3.63) is 212 Å². The molecule has 0 unspecified atom stereocenters. The summed E-state index contributed by atoms with van der Waals surface area (Å²) in [5.74, 6) is 0. The first-order chi connectivity index (χ1) is 26.7. The Labute approximate surface area is 314 Å². The van der Waals surface area contributed by atoms with Gasteiger partial charge in [-0.2, -0.15) is 0 Å². The van der Waals surface area contributed by atoms with E-state index in [9.17, 15) is 0 Å². The highest BCUT2D eigenvalue weighted by Gasteiger charge is 2.18. The molecule has 0 atom stereocenters. The van der Waals surface area contributed by atoms with Gasteiger partial charge in [-0.25, -0.2) is 0 Å². The highest BCUT2D eigenvalue weighted by atomic mass is 16.3. The number of benzene rings is 9. The number of hydrogen-bond donors (Lipinski definition) is 0. The van der Waals surface area contributed by atoms with Crippen molar-refractivity contribution >= 4 is 49.8 Å².